The van der Waals surface area contributed by atoms with Crippen LogP contribution in [0.2, 0.25) is 0 Å². The van der Waals surface area contributed by atoms with E-state index < -0.39 is 0 Å². The van der Waals surface area contributed by atoms with E-state index in [4.69, 9.17) is 9.47 Å². The second kappa shape index (κ2) is 13.8. The van der Waals surface area contributed by atoms with Gasteiger partial charge in [-0.05, 0) is 59.1 Å². The van der Waals surface area contributed by atoms with Crippen molar-refractivity contribution in [3.05, 3.63) is 132 Å². The van der Waals surface area contributed by atoms with Crippen LogP contribution in [0.15, 0.2) is 109 Å². The average molecular weight is 588 g/mol. The molecule has 6 heteroatoms. The molecule has 6 rings (SSSR count). The Balaban J connectivity index is 1.31. The van der Waals surface area contributed by atoms with Crippen molar-refractivity contribution in [1.29, 1.82) is 0 Å². The monoisotopic (exact) mass is 587 g/mol. The predicted molar refractivity (Wildman–Crippen MR) is 176 cm³/mol. The Labute approximate surface area is 260 Å². The number of methoxy groups -OCH3 is 1. The standard InChI is InChI=1S/C38H41N3O3/c1-3-39-21-23-40(24-22-39)38(42)25-35(31-15-19-33(20-16-31)44-28-30-9-5-4-6-10-30)36-27-41(37-12-8-7-11-34(36)37)26-29-13-17-32(43-2)18-14-29/h4-20,27,35H,3,21-26,28H2,1-2H3. The minimum absolute atomic E-state index is 0.0862. The van der Waals surface area contributed by atoms with Crippen molar-refractivity contribution < 1.29 is 14.3 Å². The van der Waals surface area contributed by atoms with Crippen LogP contribution in [0.4, 0.5) is 0 Å². The summed E-state index contributed by atoms with van der Waals surface area (Å²) in [6.07, 6.45) is 2.68. The number of hydrogen-bond acceptors (Lipinski definition) is 4. The van der Waals surface area contributed by atoms with Gasteiger partial charge in [0.15, 0.2) is 0 Å². The van der Waals surface area contributed by atoms with Gasteiger partial charge in [0, 0.05) is 62.2 Å². The number of amides is 1. The molecule has 0 bridgehead atoms. The van der Waals surface area contributed by atoms with Gasteiger partial charge in [0.05, 0.1) is 7.11 Å². The number of carbonyl (C=O) groups excluding carboxylic acids is 1. The second-order valence-electron chi connectivity index (χ2n) is 11.5. The Morgan fingerprint density at radius 1 is 0.773 bits per heavy atom. The number of hydrogen-bond donors (Lipinski definition) is 0. The number of aromatic nitrogens is 1. The average Bonchev–Trinajstić information content (AvgIpc) is 3.45. The zero-order valence-corrected chi connectivity index (χ0v) is 25.7. The van der Waals surface area contributed by atoms with Gasteiger partial charge in [-0.25, -0.2) is 0 Å². The van der Waals surface area contributed by atoms with E-state index in [9.17, 15) is 4.79 Å². The molecule has 0 N–H and O–H groups in total. The fraction of sp³-hybridized carbons (Fsp3) is 0.289. The number of benzene rings is 4. The SMILES string of the molecule is CCN1CCN(C(=O)CC(c2ccc(OCc3ccccc3)cc2)c2cn(Cc3ccc(OC)cc3)c3ccccc23)CC1. The van der Waals surface area contributed by atoms with Crippen molar-refractivity contribution in [2.75, 3.05) is 39.8 Å². The van der Waals surface area contributed by atoms with E-state index in [-0.39, 0.29) is 11.8 Å². The number of ether oxygens (including phenoxy) is 2. The molecule has 0 aliphatic carbocycles. The highest BCUT2D eigenvalue weighted by Gasteiger charge is 2.27. The molecular weight excluding hydrogens is 546 g/mol. The number of carbonyl (C=O) groups is 1. The molecule has 44 heavy (non-hydrogen) atoms. The Morgan fingerprint density at radius 3 is 2.16 bits per heavy atom. The number of likely N-dealkylation sites (N-methyl/N-ethyl adjacent to an activating group) is 1. The lowest BCUT2D eigenvalue weighted by molar-refractivity contribution is -0.133. The van der Waals surface area contributed by atoms with Crippen molar-refractivity contribution in [2.24, 2.45) is 0 Å². The minimum atomic E-state index is -0.0862. The second-order valence-corrected chi connectivity index (χ2v) is 11.5. The molecule has 6 nitrogen and oxygen atoms in total. The van der Waals surface area contributed by atoms with Crippen molar-refractivity contribution in [3.8, 4) is 11.5 Å². The van der Waals surface area contributed by atoms with Crippen LogP contribution in [0.5, 0.6) is 11.5 Å². The normalized spacial score (nSPS) is 14.5. The molecule has 1 aromatic heterocycles. The van der Waals surface area contributed by atoms with Crippen LogP contribution in [0.1, 0.15) is 41.5 Å². The van der Waals surface area contributed by atoms with Gasteiger partial charge in [-0.1, -0.05) is 79.7 Å². The quantitative estimate of drug-likeness (QED) is 0.168. The van der Waals surface area contributed by atoms with Gasteiger partial charge >= 0.3 is 0 Å². The summed E-state index contributed by atoms with van der Waals surface area (Å²) in [5, 5.41) is 1.18. The zero-order valence-electron chi connectivity index (χ0n) is 25.7. The lowest BCUT2D eigenvalue weighted by atomic mass is 9.87. The van der Waals surface area contributed by atoms with Crippen LogP contribution in [-0.2, 0) is 17.9 Å². The first-order valence-electron chi connectivity index (χ1n) is 15.6. The maximum atomic E-state index is 13.8. The summed E-state index contributed by atoms with van der Waals surface area (Å²) in [6, 6.07) is 35.3. The number of para-hydroxylation sites is 1. The zero-order chi connectivity index (χ0) is 30.3. The molecule has 1 saturated heterocycles. The van der Waals surface area contributed by atoms with Gasteiger partial charge in [-0.15, -0.1) is 0 Å². The van der Waals surface area contributed by atoms with E-state index in [1.54, 1.807) is 7.11 Å². The Kier molecular flexibility index (Phi) is 9.28. The summed E-state index contributed by atoms with van der Waals surface area (Å²) in [5.41, 5.74) is 5.78. The van der Waals surface area contributed by atoms with Gasteiger partial charge < -0.3 is 23.8 Å². The highest BCUT2D eigenvalue weighted by molar-refractivity contribution is 5.87. The van der Waals surface area contributed by atoms with E-state index in [0.717, 1.165) is 67.4 Å². The highest BCUT2D eigenvalue weighted by Crippen LogP contribution is 2.36. The third-order valence-corrected chi connectivity index (χ3v) is 8.79. The van der Waals surface area contributed by atoms with E-state index >= 15 is 0 Å². The van der Waals surface area contributed by atoms with Crippen molar-refractivity contribution in [2.45, 2.75) is 32.4 Å². The molecule has 1 atom stereocenters. The largest absolute Gasteiger partial charge is 0.497 e. The van der Waals surface area contributed by atoms with Crippen LogP contribution >= 0.6 is 0 Å². The third kappa shape index (κ3) is 6.81. The van der Waals surface area contributed by atoms with Gasteiger partial charge in [0.2, 0.25) is 5.91 Å². The molecule has 2 heterocycles. The van der Waals surface area contributed by atoms with Gasteiger partial charge in [-0.3, -0.25) is 4.79 Å². The molecule has 226 valence electrons. The predicted octanol–water partition coefficient (Wildman–Crippen LogP) is 6.96. The maximum absolute atomic E-state index is 13.8. The molecular formula is C38H41N3O3. The lowest BCUT2D eigenvalue weighted by Crippen LogP contribution is -2.48. The van der Waals surface area contributed by atoms with E-state index in [2.05, 4.69) is 83.3 Å². The van der Waals surface area contributed by atoms with Gasteiger partial charge in [0.1, 0.15) is 18.1 Å². The third-order valence-electron chi connectivity index (χ3n) is 8.79. The summed E-state index contributed by atoms with van der Waals surface area (Å²) in [5.74, 6) is 1.79. The van der Waals surface area contributed by atoms with Crippen LogP contribution in [0, 0.1) is 0 Å². The first-order chi connectivity index (χ1) is 21.6. The van der Waals surface area contributed by atoms with Crippen LogP contribution < -0.4 is 9.47 Å². The first kappa shape index (κ1) is 29.5. The molecule has 0 radical (unpaired) electrons. The summed E-state index contributed by atoms with van der Waals surface area (Å²) >= 11 is 0. The summed E-state index contributed by atoms with van der Waals surface area (Å²) in [4.78, 5) is 18.3. The fourth-order valence-electron chi connectivity index (χ4n) is 6.17. The Hall–Kier alpha value is -4.55. The molecule has 1 unspecified atom stereocenters. The van der Waals surface area contributed by atoms with E-state index in [0.29, 0.717) is 13.0 Å². The molecule has 0 spiro atoms. The van der Waals surface area contributed by atoms with Crippen LogP contribution in [0.25, 0.3) is 10.9 Å². The van der Waals surface area contributed by atoms with Crippen LogP contribution in [-0.4, -0.2) is 60.1 Å². The number of nitrogens with zero attached hydrogens (tertiary/aromatic N) is 3. The highest BCUT2D eigenvalue weighted by atomic mass is 16.5. The van der Waals surface area contributed by atoms with Gasteiger partial charge in [0.25, 0.3) is 0 Å². The lowest BCUT2D eigenvalue weighted by Gasteiger charge is -2.35. The number of rotatable bonds is 11. The van der Waals surface area contributed by atoms with Crippen molar-refractivity contribution >= 4 is 16.8 Å². The van der Waals surface area contributed by atoms with Crippen LogP contribution in [0.3, 0.4) is 0 Å². The van der Waals surface area contributed by atoms with Gasteiger partial charge in [-0.2, -0.15) is 0 Å². The molecule has 5 aromatic rings. The smallest absolute Gasteiger partial charge is 0.223 e. The van der Waals surface area contributed by atoms with E-state index in [1.807, 2.05) is 47.4 Å². The maximum Gasteiger partial charge on any atom is 0.223 e. The van der Waals surface area contributed by atoms with Crippen molar-refractivity contribution in [1.82, 2.24) is 14.4 Å². The summed E-state index contributed by atoms with van der Waals surface area (Å²) in [6.45, 7) is 7.89. The Bertz CT molecular complexity index is 1650. The first-order valence-corrected chi connectivity index (χ1v) is 15.6. The number of fused-ring (bicyclic) bond motifs is 1. The molecule has 1 amide bonds. The number of piperazine rings is 1. The molecule has 1 aliphatic rings. The van der Waals surface area contributed by atoms with E-state index in [1.165, 1.54) is 16.5 Å². The molecule has 0 saturated carbocycles. The topological polar surface area (TPSA) is 46.9 Å². The Morgan fingerprint density at radius 2 is 1.45 bits per heavy atom. The molecule has 1 fully saturated rings. The minimum Gasteiger partial charge on any atom is -0.497 e. The molecule has 1 aliphatic heterocycles. The fourth-order valence-corrected chi connectivity index (χ4v) is 6.17. The summed E-state index contributed by atoms with van der Waals surface area (Å²) < 4.78 is 13.8. The molecule has 4 aromatic carbocycles. The van der Waals surface area contributed by atoms with Crippen molar-refractivity contribution in [3.63, 3.8) is 0 Å². The summed E-state index contributed by atoms with van der Waals surface area (Å²) in [7, 11) is 1.69.